The predicted molar refractivity (Wildman–Crippen MR) is 258 cm³/mol. The minimum atomic E-state index is -2.48. The van der Waals surface area contributed by atoms with E-state index in [4.69, 9.17) is 4.12 Å². The van der Waals surface area contributed by atoms with Gasteiger partial charge >= 0.3 is 0 Å². The molecule has 0 bridgehead atoms. The molecule has 7 nitrogen and oxygen atoms in total. The number of rotatable bonds is 10. The third-order valence-electron chi connectivity index (χ3n) is 22.9. The molecular formula is C54H90O7Si2. The molecule has 8 rings (SSSR count). The van der Waals surface area contributed by atoms with Crippen molar-refractivity contribution in [2.45, 2.75) is 232 Å². The molecule has 9 heteroatoms. The highest BCUT2D eigenvalue weighted by Gasteiger charge is 2.65. The summed E-state index contributed by atoms with van der Waals surface area (Å²) in [6.07, 6.45) is 17.2. The standard InChI is InChI=1S/C54H90O7Si2/c1-33(55)37-15-17-39-45-41(19-21-51(37,39)9)49(7)23-25-53(59,29-35(49)27-43(45)57)31-47(3,4)62(11,12)61-63(13,14)48(5,6)32-54(60)26-24-50(8)36(30-54)28-44(58)46-40-18-16-38(34(2)56)52(40,10)22-20-42(46)50/h27-28,37-46,57-60H,15-26,29-32H2,1-14H3/t37-,38-,39?,40?,41?,42?,43?,44?,45?,46?,49+,50+,51-,52-,53-,54+/m1/s1. The highest BCUT2D eigenvalue weighted by molar-refractivity contribution is 6.87. The normalized spacial score (nSPS) is 47.5. The van der Waals surface area contributed by atoms with Gasteiger partial charge in [0.05, 0.1) is 23.4 Å². The number of hydrogen-bond donors (Lipinski definition) is 4. The zero-order valence-corrected chi connectivity index (χ0v) is 44.3. The number of carbonyl (C=O) groups excluding carboxylic acids is 2. The van der Waals surface area contributed by atoms with Gasteiger partial charge in [0.1, 0.15) is 11.6 Å². The van der Waals surface area contributed by atoms with Crippen LogP contribution in [-0.4, -0.2) is 72.0 Å². The second kappa shape index (κ2) is 15.3. The lowest BCUT2D eigenvalue weighted by atomic mass is 9.46. The molecule has 8 aliphatic carbocycles. The Hall–Kier alpha value is -0.946. The first-order chi connectivity index (χ1) is 28.8. The van der Waals surface area contributed by atoms with E-state index in [1.165, 1.54) is 11.1 Å². The topological polar surface area (TPSA) is 124 Å². The fraction of sp³-hybridized carbons (Fsp3) is 0.889. The first-order valence-electron chi connectivity index (χ1n) is 25.7. The van der Waals surface area contributed by atoms with Gasteiger partial charge in [-0.1, -0.05) is 78.7 Å². The highest BCUT2D eigenvalue weighted by Crippen LogP contribution is 2.70. The average molecular weight is 907 g/mol. The number of fused-ring (bicyclic) bond motifs is 10. The van der Waals surface area contributed by atoms with Gasteiger partial charge in [0, 0.05) is 11.8 Å². The summed E-state index contributed by atoms with van der Waals surface area (Å²) in [6.45, 7) is 31.7. The number of ketones is 2. The van der Waals surface area contributed by atoms with Crippen molar-refractivity contribution in [3.63, 3.8) is 0 Å². The summed E-state index contributed by atoms with van der Waals surface area (Å²) < 4.78 is 7.60. The van der Waals surface area contributed by atoms with Crippen molar-refractivity contribution in [2.75, 3.05) is 0 Å². The zero-order chi connectivity index (χ0) is 46.5. The Balaban J connectivity index is 0.942. The van der Waals surface area contributed by atoms with Gasteiger partial charge in [-0.05, 0) is 210 Å². The molecule has 0 aromatic heterocycles. The largest absolute Gasteiger partial charge is 0.455 e. The SMILES string of the molecule is CC(=O)[C@H]1CCC2C3C(O)C=C4C[C@@](O)(CC(C)(C)[Si](C)(C)O[Si](C)(C)C(C)(C)C[C@]5(O)CC[C@@]6(C)C(=CC(O)C7C6CC[C@@]6(C)C7CC[C@@H]6C(C)=O)C5)CC[C@]4(C)C3CC[C@@]21C. The van der Waals surface area contributed by atoms with E-state index in [-0.39, 0.29) is 55.4 Å². The van der Waals surface area contributed by atoms with Crippen LogP contribution >= 0.6 is 0 Å². The van der Waals surface area contributed by atoms with Crippen LogP contribution in [0, 0.1) is 69.0 Å². The molecule has 0 aromatic rings. The van der Waals surface area contributed by atoms with Crippen molar-refractivity contribution in [2.24, 2.45) is 69.0 Å². The first kappa shape index (κ1) is 48.5. The molecule has 0 amide bonds. The van der Waals surface area contributed by atoms with Crippen LogP contribution in [0.4, 0.5) is 0 Å². The number of carbonyl (C=O) groups is 2. The molecule has 0 heterocycles. The van der Waals surface area contributed by atoms with Gasteiger partial charge in [-0.25, -0.2) is 0 Å². The van der Waals surface area contributed by atoms with E-state index in [1.54, 1.807) is 13.8 Å². The molecule has 0 aromatic carbocycles. The average Bonchev–Trinajstić information content (AvgIpc) is 3.69. The van der Waals surface area contributed by atoms with Gasteiger partial charge in [-0.3, -0.25) is 9.59 Å². The molecule has 0 spiro atoms. The van der Waals surface area contributed by atoms with Crippen LogP contribution in [0.3, 0.4) is 0 Å². The Morgan fingerprint density at radius 3 is 1.27 bits per heavy atom. The molecule has 63 heavy (non-hydrogen) atoms. The van der Waals surface area contributed by atoms with E-state index in [1.807, 2.05) is 0 Å². The van der Waals surface area contributed by atoms with Crippen LogP contribution in [0.25, 0.3) is 0 Å². The fourth-order valence-electron chi connectivity index (χ4n) is 18.0. The molecular weight excluding hydrogens is 817 g/mol. The minimum Gasteiger partial charge on any atom is -0.455 e. The summed E-state index contributed by atoms with van der Waals surface area (Å²) in [6, 6.07) is 0. The van der Waals surface area contributed by atoms with E-state index in [2.05, 4.69) is 93.7 Å². The van der Waals surface area contributed by atoms with E-state index in [0.29, 0.717) is 60.9 Å². The van der Waals surface area contributed by atoms with Crippen molar-refractivity contribution in [1.29, 1.82) is 0 Å². The summed E-state index contributed by atoms with van der Waals surface area (Å²) in [4.78, 5) is 25.5. The molecule has 4 N–H and O–H groups in total. The minimum absolute atomic E-state index is 0.0239. The van der Waals surface area contributed by atoms with Crippen LogP contribution in [0.1, 0.15) is 172 Å². The summed E-state index contributed by atoms with van der Waals surface area (Å²) in [5.41, 5.74) is 0.601. The summed E-state index contributed by atoms with van der Waals surface area (Å²) in [7, 11) is -4.96. The van der Waals surface area contributed by atoms with Gasteiger partial charge in [0.25, 0.3) is 0 Å². The molecule has 6 saturated carbocycles. The quantitative estimate of drug-likeness (QED) is 0.127. The smallest absolute Gasteiger partial charge is 0.179 e. The van der Waals surface area contributed by atoms with Gasteiger partial charge in [0.15, 0.2) is 16.6 Å². The van der Waals surface area contributed by atoms with Crippen molar-refractivity contribution in [1.82, 2.24) is 0 Å². The van der Waals surface area contributed by atoms with Gasteiger partial charge in [-0.2, -0.15) is 0 Å². The van der Waals surface area contributed by atoms with Crippen LogP contribution < -0.4 is 0 Å². The Labute approximate surface area is 384 Å². The summed E-state index contributed by atoms with van der Waals surface area (Å²) in [5, 5.41) is 48.6. The molecule has 6 fully saturated rings. The van der Waals surface area contributed by atoms with Crippen LogP contribution in [0.5, 0.6) is 0 Å². The van der Waals surface area contributed by atoms with Crippen molar-refractivity contribution < 1.29 is 34.1 Å². The Morgan fingerprint density at radius 1 is 0.587 bits per heavy atom. The Kier molecular flexibility index (Phi) is 11.8. The van der Waals surface area contributed by atoms with E-state index in [0.717, 1.165) is 77.0 Å². The number of aliphatic hydroxyl groups excluding tert-OH is 2. The first-order valence-corrected chi connectivity index (χ1v) is 31.5. The molecule has 16 atom stereocenters. The fourth-order valence-corrected chi connectivity index (χ4v) is 26.8. The van der Waals surface area contributed by atoms with E-state index >= 15 is 0 Å². The highest BCUT2D eigenvalue weighted by atomic mass is 28.4. The molecule has 356 valence electrons. The zero-order valence-electron chi connectivity index (χ0n) is 42.3. The monoisotopic (exact) mass is 907 g/mol. The molecule has 8 aliphatic rings. The van der Waals surface area contributed by atoms with Gasteiger partial charge < -0.3 is 24.5 Å². The van der Waals surface area contributed by atoms with Gasteiger partial charge in [-0.15, -0.1) is 0 Å². The molecule has 0 aliphatic heterocycles. The number of aliphatic hydroxyl groups is 4. The van der Waals surface area contributed by atoms with Crippen molar-refractivity contribution in [3.05, 3.63) is 23.3 Å². The van der Waals surface area contributed by atoms with E-state index < -0.39 is 40.0 Å². The Morgan fingerprint density at radius 2 is 0.937 bits per heavy atom. The number of Topliss-reactive ketones (excluding diaryl/α,β-unsaturated/α-hetero) is 2. The maximum absolute atomic E-state index is 12.7. The maximum Gasteiger partial charge on any atom is 0.179 e. The third-order valence-corrected chi connectivity index (χ3v) is 33.8. The predicted octanol–water partition coefficient (Wildman–Crippen LogP) is 11.5. The van der Waals surface area contributed by atoms with Crippen molar-refractivity contribution >= 4 is 28.2 Å². The van der Waals surface area contributed by atoms with Crippen LogP contribution in [0.2, 0.25) is 36.3 Å². The summed E-state index contributed by atoms with van der Waals surface area (Å²) in [5.74, 6) is 2.68. The molecule has 0 radical (unpaired) electrons. The molecule has 8 unspecified atom stereocenters. The lowest BCUT2D eigenvalue weighted by Crippen LogP contribution is -2.59. The van der Waals surface area contributed by atoms with Crippen LogP contribution in [-0.2, 0) is 13.7 Å². The van der Waals surface area contributed by atoms with Crippen LogP contribution in [0.15, 0.2) is 23.3 Å². The number of hydrogen-bond acceptors (Lipinski definition) is 7. The van der Waals surface area contributed by atoms with Gasteiger partial charge in [0.2, 0.25) is 0 Å². The van der Waals surface area contributed by atoms with Crippen molar-refractivity contribution in [3.8, 4) is 0 Å². The lowest BCUT2D eigenvalue weighted by molar-refractivity contribution is -0.132. The third kappa shape index (κ3) is 7.45. The molecule has 0 saturated heterocycles. The summed E-state index contributed by atoms with van der Waals surface area (Å²) >= 11 is 0. The second-order valence-corrected chi connectivity index (χ2v) is 37.0. The second-order valence-electron chi connectivity index (χ2n) is 27.4. The van der Waals surface area contributed by atoms with E-state index in [9.17, 15) is 30.0 Å². The lowest BCUT2D eigenvalue weighted by Gasteiger charge is -2.61. The maximum atomic E-state index is 12.7. The Bertz CT molecular complexity index is 1780.